The van der Waals surface area contributed by atoms with Crippen molar-refractivity contribution in [3.05, 3.63) is 82.9 Å². The molecule has 0 N–H and O–H groups in total. The van der Waals surface area contributed by atoms with Crippen LogP contribution in [0.5, 0.6) is 0 Å². The van der Waals surface area contributed by atoms with E-state index in [4.69, 9.17) is 11.6 Å². The van der Waals surface area contributed by atoms with Crippen molar-refractivity contribution in [1.82, 2.24) is 0 Å². The Bertz CT molecular complexity index is 489. The van der Waals surface area contributed by atoms with Gasteiger partial charge < -0.3 is 0 Å². The molecule has 1 atom stereocenters. The second-order valence-electron chi connectivity index (χ2n) is 4.78. The van der Waals surface area contributed by atoms with E-state index in [-0.39, 0.29) is 5.41 Å². The second kappa shape index (κ2) is 4.99. The molecule has 2 rings (SSSR count). The topological polar surface area (TPSA) is 0 Å². The molecule has 2 aromatic carbocycles. The normalized spacial score (nSPS) is 13.9. The summed E-state index contributed by atoms with van der Waals surface area (Å²) in [4.78, 5) is 0. The second-order valence-corrected chi connectivity index (χ2v) is 5.22. The molecule has 0 aromatic heterocycles. The maximum Gasteiger partial charge on any atom is 0.0406 e. The molecule has 1 unspecified atom stereocenters. The van der Waals surface area contributed by atoms with E-state index in [1.807, 2.05) is 18.2 Å². The van der Waals surface area contributed by atoms with Crippen LogP contribution in [0.4, 0.5) is 0 Å². The Labute approximate surface area is 114 Å². The van der Waals surface area contributed by atoms with Crippen molar-refractivity contribution < 1.29 is 0 Å². The van der Waals surface area contributed by atoms with Crippen molar-refractivity contribution in [2.75, 3.05) is 0 Å². The van der Waals surface area contributed by atoms with Crippen LogP contribution in [-0.4, -0.2) is 0 Å². The van der Waals surface area contributed by atoms with E-state index in [0.29, 0.717) is 0 Å². The first kappa shape index (κ1) is 12.9. The highest BCUT2D eigenvalue weighted by molar-refractivity contribution is 6.30. The first-order valence-corrected chi connectivity index (χ1v) is 6.41. The van der Waals surface area contributed by atoms with Crippen LogP contribution in [0.25, 0.3) is 0 Å². The summed E-state index contributed by atoms with van der Waals surface area (Å²) in [6, 6.07) is 16.5. The lowest BCUT2D eigenvalue weighted by molar-refractivity contribution is 0.725. The minimum atomic E-state index is -0.182. The van der Waals surface area contributed by atoms with Gasteiger partial charge in [0.2, 0.25) is 0 Å². The fourth-order valence-corrected chi connectivity index (χ4v) is 2.22. The minimum Gasteiger partial charge on any atom is -0.102 e. The van der Waals surface area contributed by atoms with Gasteiger partial charge in [-0.25, -0.2) is 0 Å². The summed E-state index contributed by atoms with van der Waals surface area (Å²) in [5, 5.41) is 0.758. The highest BCUT2D eigenvalue weighted by Gasteiger charge is 2.24. The lowest BCUT2D eigenvalue weighted by Gasteiger charge is -2.27. The van der Waals surface area contributed by atoms with Gasteiger partial charge in [0.15, 0.2) is 0 Å². The predicted molar refractivity (Wildman–Crippen MR) is 79.3 cm³/mol. The number of hydrogen-bond donors (Lipinski definition) is 0. The molecule has 0 aliphatic heterocycles. The average molecular weight is 257 g/mol. The number of benzene rings is 2. The van der Waals surface area contributed by atoms with Gasteiger partial charge in [-0.3, -0.25) is 0 Å². The summed E-state index contributed by atoms with van der Waals surface area (Å²) in [5.74, 6) is 0. The number of allylic oxidation sites excluding steroid dienone is 1. The van der Waals surface area contributed by atoms with Crippen molar-refractivity contribution in [3.63, 3.8) is 0 Å². The van der Waals surface area contributed by atoms with E-state index in [9.17, 15) is 0 Å². The van der Waals surface area contributed by atoms with Crippen molar-refractivity contribution >= 4 is 11.6 Å². The maximum absolute atomic E-state index is 5.95. The van der Waals surface area contributed by atoms with Gasteiger partial charge in [0, 0.05) is 10.4 Å². The quantitative estimate of drug-likeness (QED) is 0.667. The van der Waals surface area contributed by atoms with Crippen LogP contribution in [0, 0.1) is 6.92 Å². The van der Waals surface area contributed by atoms with E-state index in [1.165, 1.54) is 16.7 Å². The van der Waals surface area contributed by atoms with Crippen LogP contribution in [0.2, 0.25) is 5.02 Å². The average Bonchev–Trinajstić information content (AvgIpc) is 2.39. The molecule has 18 heavy (non-hydrogen) atoms. The van der Waals surface area contributed by atoms with Crippen LogP contribution in [0.1, 0.15) is 23.6 Å². The summed E-state index contributed by atoms with van der Waals surface area (Å²) < 4.78 is 0. The Balaban J connectivity index is 2.50. The Kier molecular flexibility index (Phi) is 3.58. The van der Waals surface area contributed by atoms with Gasteiger partial charge in [0.05, 0.1) is 0 Å². The predicted octanol–water partition coefficient (Wildman–Crippen LogP) is 5.14. The SMILES string of the molecule is C=CC(C)(c1ccc(C)cc1)c1ccc(Cl)cc1. The summed E-state index contributed by atoms with van der Waals surface area (Å²) >= 11 is 5.95. The minimum absolute atomic E-state index is 0.182. The van der Waals surface area contributed by atoms with E-state index >= 15 is 0 Å². The molecular weight excluding hydrogens is 240 g/mol. The molecule has 0 saturated heterocycles. The first-order valence-electron chi connectivity index (χ1n) is 6.03. The molecule has 2 aromatic rings. The Morgan fingerprint density at radius 3 is 1.83 bits per heavy atom. The van der Waals surface area contributed by atoms with Crippen LogP contribution in [0.3, 0.4) is 0 Å². The molecular formula is C17H17Cl. The van der Waals surface area contributed by atoms with Gasteiger partial charge >= 0.3 is 0 Å². The van der Waals surface area contributed by atoms with Crippen molar-refractivity contribution in [2.45, 2.75) is 19.3 Å². The molecule has 0 radical (unpaired) electrons. The van der Waals surface area contributed by atoms with Gasteiger partial charge in [-0.15, -0.1) is 6.58 Å². The molecule has 0 spiro atoms. The van der Waals surface area contributed by atoms with E-state index < -0.39 is 0 Å². The van der Waals surface area contributed by atoms with Crippen molar-refractivity contribution in [1.29, 1.82) is 0 Å². The van der Waals surface area contributed by atoms with Crippen LogP contribution in [0.15, 0.2) is 61.2 Å². The highest BCUT2D eigenvalue weighted by atomic mass is 35.5. The summed E-state index contributed by atoms with van der Waals surface area (Å²) in [5.41, 5.74) is 3.52. The van der Waals surface area contributed by atoms with Crippen molar-refractivity contribution in [3.8, 4) is 0 Å². The fourth-order valence-electron chi connectivity index (χ4n) is 2.10. The standard InChI is InChI=1S/C17H17Cl/c1-4-17(3,14-7-5-13(2)6-8-14)15-9-11-16(18)12-10-15/h4-12H,1H2,2-3H3. The van der Waals surface area contributed by atoms with Crippen LogP contribution >= 0.6 is 11.6 Å². The smallest absolute Gasteiger partial charge is 0.0406 e. The van der Waals surface area contributed by atoms with Crippen LogP contribution < -0.4 is 0 Å². The molecule has 0 bridgehead atoms. The Hall–Kier alpha value is -1.53. The number of halogens is 1. The van der Waals surface area contributed by atoms with Gasteiger partial charge in [-0.2, -0.15) is 0 Å². The van der Waals surface area contributed by atoms with Gasteiger partial charge in [0.1, 0.15) is 0 Å². The lowest BCUT2D eigenvalue weighted by atomic mass is 9.76. The zero-order valence-corrected chi connectivity index (χ0v) is 11.5. The maximum atomic E-state index is 5.95. The molecule has 1 heteroatoms. The van der Waals surface area contributed by atoms with Gasteiger partial charge in [0.25, 0.3) is 0 Å². The monoisotopic (exact) mass is 256 g/mol. The molecule has 0 aliphatic rings. The molecule has 0 aliphatic carbocycles. The third kappa shape index (κ3) is 2.34. The highest BCUT2D eigenvalue weighted by Crippen LogP contribution is 2.33. The Morgan fingerprint density at radius 1 is 0.944 bits per heavy atom. The first-order chi connectivity index (χ1) is 8.56. The molecule has 0 heterocycles. The van der Waals surface area contributed by atoms with Crippen molar-refractivity contribution in [2.24, 2.45) is 0 Å². The van der Waals surface area contributed by atoms with Gasteiger partial charge in [-0.1, -0.05) is 59.6 Å². The fraction of sp³-hybridized carbons (Fsp3) is 0.176. The number of rotatable bonds is 3. The lowest BCUT2D eigenvalue weighted by Crippen LogP contribution is -2.20. The summed E-state index contributed by atoms with van der Waals surface area (Å²) in [6.07, 6.45) is 1.99. The summed E-state index contributed by atoms with van der Waals surface area (Å²) in [6.45, 7) is 8.27. The number of aryl methyl sites for hydroxylation is 1. The van der Waals surface area contributed by atoms with Gasteiger partial charge in [-0.05, 0) is 37.1 Å². The van der Waals surface area contributed by atoms with E-state index in [2.05, 4.69) is 56.8 Å². The molecule has 0 amide bonds. The van der Waals surface area contributed by atoms with E-state index in [1.54, 1.807) is 0 Å². The Morgan fingerprint density at radius 2 is 1.39 bits per heavy atom. The summed E-state index contributed by atoms with van der Waals surface area (Å²) in [7, 11) is 0. The van der Waals surface area contributed by atoms with E-state index in [0.717, 1.165) is 5.02 Å². The zero-order valence-electron chi connectivity index (χ0n) is 10.8. The number of hydrogen-bond acceptors (Lipinski definition) is 0. The molecule has 92 valence electrons. The zero-order chi connectivity index (χ0) is 13.2. The molecule has 0 nitrogen and oxygen atoms in total. The third-order valence-corrected chi connectivity index (χ3v) is 3.76. The third-order valence-electron chi connectivity index (χ3n) is 3.50. The molecule has 0 fully saturated rings. The molecule has 0 saturated carbocycles. The van der Waals surface area contributed by atoms with Crippen LogP contribution in [-0.2, 0) is 5.41 Å². The largest absolute Gasteiger partial charge is 0.102 e.